The molecule has 3 unspecified atom stereocenters. The lowest BCUT2D eigenvalue weighted by molar-refractivity contribution is 0.101. The first-order valence-electron chi connectivity index (χ1n) is 7.80. The minimum absolute atomic E-state index is 0.550. The van der Waals surface area contributed by atoms with Gasteiger partial charge in [0.25, 0.3) is 0 Å². The number of fused-ring (bicyclic) bond motifs is 1. The van der Waals surface area contributed by atoms with Gasteiger partial charge in [0.15, 0.2) is 0 Å². The molecule has 2 nitrogen and oxygen atoms in total. The van der Waals surface area contributed by atoms with Crippen LogP contribution in [0.1, 0.15) is 56.9 Å². The third-order valence-corrected chi connectivity index (χ3v) is 4.54. The normalized spacial score (nSPS) is 29.8. The van der Waals surface area contributed by atoms with Crippen molar-refractivity contribution < 1.29 is 4.74 Å². The van der Waals surface area contributed by atoms with E-state index in [0.29, 0.717) is 12.1 Å². The highest BCUT2D eigenvalue weighted by atomic mass is 16.5. The molecule has 1 N–H and O–H groups in total. The lowest BCUT2D eigenvalue weighted by Gasteiger charge is -2.31. The van der Waals surface area contributed by atoms with Gasteiger partial charge in [0.05, 0.1) is 6.10 Å². The molecular weight excluding hydrogens is 234 g/mol. The van der Waals surface area contributed by atoms with Crippen LogP contribution >= 0.6 is 0 Å². The van der Waals surface area contributed by atoms with Crippen molar-refractivity contribution in [3.05, 3.63) is 29.8 Å². The highest BCUT2D eigenvalue weighted by Crippen LogP contribution is 2.37. The number of nitrogens with one attached hydrogen (secondary N) is 1. The van der Waals surface area contributed by atoms with Crippen LogP contribution in [0.5, 0.6) is 0 Å². The van der Waals surface area contributed by atoms with Gasteiger partial charge in [0, 0.05) is 18.3 Å². The standard InChI is InChI=1S/C17H25NO/c1-13-12-14(6-4-7-15-8-5-11-19-15)16-9-2-3-10-17(16)18-13/h2-3,9-10,13-15,18H,4-8,11-12H2,1H3. The monoisotopic (exact) mass is 259 g/mol. The zero-order valence-corrected chi connectivity index (χ0v) is 11.9. The number of anilines is 1. The summed E-state index contributed by atoms with van der Waals surface area (Å²) in [4.78, 5) is 0. The summed E-state index contributed by atoms with van der Waals surface area (Å²) in [5.74, 6) is 0.730. The molecule has 2 heteroatoms. The molecule has 0 amide bonds. The zero-order chi connectivity index (χ0) is 13.1. The molecule has 2 aliphatic rings. The van der Waals surface area contributed by atoms with E-state index in [-0.39, 0.29) is 0 Å². The summed E-state index contributed by atoms with van der Waals surface area (Å²) in [6.07, 6.45) is 8.22. The molecule has 0 spiro atoms. The number of hydrogen-bond acceptors (Lipinski definition) is 2. The molecule has 0 aromatic heterocycles. The molecule has 1 aromatic rings. The Bertz CT molecular complexity index is 411. The van der Waals surface area contributed by atoms with E-state index in [1.54, 1.807) is 0 Å². The Balaban J connectivity index is 1.58. The fraction of sp³-hybridized carbons (Fsp3) is 0.647. The fourth-order valence-electron chi connectivity index (χ4n) is 3.60. The fourth-order valence-corrected chi connectivity index (χ4v) is 3.60. The molecule has 19 heavy (non-hydrogen) atoms. The number of ether oxygens (including phenoxy) is 1. The lowest BCUT2D eigenvalue weighted by atomic mass is 9.84. The first kappa shape index (κ1) is 13.0. The van der Waals surface area contributed by atoms with Crippen molar-refractivity contribution in [2.24, 2.45) is 0 Å². The Kier molecular flexibility index (Phi) is 4.07. The molecule has 1 aromatic carbocycles. The molecule has 0 aliphatic carbocycles. The largest absolute Gasteiger partial charge is 0.382 e. The maximum atomic E-state index is 5.72. The summed E-state index contributed by atoms with van der Waals surface area (Å²) in [6, 6.07) is 9.42. The minimum atomic E-state index is 0.550. The van der Waals surface area contributed by atoms with E-state index in [2.05, 4.69) is 36.5 Å². The van der Waals surface area contributed by atoms with Crippen molar-refractivity contribution >= 4 is 5.69 Å². The minimum Gasteiger partial charge on any atom is -0.382 e. The Hall–Kier alpha value is -1.02. The van der Waals surface area contributed by atoms with Crippen molar-refractivity contribution in [3.8, 4) is 0 Å². The Morgan fingerprint density at radius 3 is 3.00 bits per heavy atom. The van der Waals surface area contributed by atoms with Crippen molar-refractivity contribution in [2.75, 3.05) is 11.9 Å². The van der Waals surface area contributed by atoms with Crippen LogP contribution in [-0.2, 0) is 4.74 Å². The van der Waals surface area contributed by atoms with Gasteiger partial charge in [0.1, 0.15) is 0 Å². The molecular formula is C17H25NO. The van der Waals surface area contributed by atoms with E-state index in [4.69, 9.17) is 4.74 Å². The predicted molar refractivity (Wildman–Crippen MR) is 79.7 cm³/mol. The first-order chi connectivity index (χ1) is 9.33. The van der Waals surface area contributed by atoms with Crippen LogP contribution < -0.4 is 5.32 Å². The van der Waals surface area contributed by atoms with Crippen LogP contribution in [0.4, 0.5) is 5.69 Å². The van der Waals surface area contributed by atoms with Crippen molar-refractivity contribution in [1.82, 2.24) is 0 Å². The van der Waals surface area contributed by atoms with Gasteiger partial charge in [-0.3, -0.25) is 0 Å². The van der Waals surface area contributed by atoms with Crippen molar-refractivity contribution in [3.63, 3.8) is 0 Å². The molecule has 0 bridgehead atoms. The third kappa shape index (κ3) is 3.11. The van der Waals surface area contributed by atoms with Crippen molar-refractivity contribution in [2.45, 2.75) is 63.5 Å². The third-order valence-electron chi connectivity index (χ3n) is 4.54. The van der Waals surface area contributed by atoms with Crippen LogP contribution in [0.3, 0.4) is 0 Å². The number of benzene rings is 1. The van der Waals surface area contributed by atoms with Crippen LogP contribution in [0.15, 0.2) is 24.3 Å². The molecule has 0 saturated carbocycles. The van der Waals surface area contributed by atoms with Crippen molar-refractivity contribution in [1.29, 1.82) is 0 Å². The molecule has 2 heterocycles. The van der Waals surface area contributed by atoms with Gasteiger partial charge in [0.2, 0.25) is 0 Å². The number of rotatable bonds is 4. The highest BCUT2D eigenvalue weighted by molar-refractivity contribution is 5.55. The summed E-state index contributed by atoms with van der Waals surface area (Å²) in [5, 5.41) is 3.60. The SMILES string of the molecule is CC1CC(CCCC2CCCO2)c2ccccc2N1. The first-order valence-corrected chi connectivity index (χ1v) is 7.80. The summed E-state index contributed by atoms with van der Waals surface area (Å²) < 4.78 is 5.72. The second-order valence-electron chi connectivity index (χ2n) is 6.13. The van der Waals surface area contributed by atoms with E-state index in [1.807, 2.05) is 0 Å². The Morgan fingerprint density at radius 1 is 1.26 bits per heavy atom. The second kappa shape index (κ2) is 5.96. The van der Waals surface area contributed by atoms with Gasteiger partial charge in [-0.2, -0.15) is 0 Å². The van der Waals surface area contributed by atoms with Gasteiger partial charge < -0.3 is 10.1 Å². The topological polar surface area (TPSA) is 21.3 Å². The Labute approximate surface area is 116 Å². The van der Waals surface area contributed by atoms with E-state index < -0.39 is 0 Å². The van der Waals surface area contributed by atoms with Gasteiger partial charge in [-0.25, -0.2) is 0 Å². The maximum absolute atomic E-state index is 5.72. The summed E-state index contributed by atoms with van der Waals surface area (Å²) in [7, 11) is 0. The van der Waals surface area contributed by atoms with E-state index in [0.717, 1.165) is 12.5 Å². The number of para-hydroxylation sites is 1. The van der Waals surface area contributed by atoms with Gasteiger partial charge in [-0.15, -0.1) is 0 Å². The summed E-state index contributed by atoms with van der Waals surface area (Å²) in [5.41, 5.74) is 2.87. The van der Waals surface area contributed by atoms with Gasteiger partial charge in [-0.1, -0.05) is 24.6 Å². The predicted octanol–water partition coefficient (Wildman–Crippen LogP) is 4.32. The van der Waals surface area contributed by atoms with Crippen LogP contribution in [0.2, 0.25) is 0 Å². The second-order valence-corrected chi connectivity index (χ2v) is 6.13. The lowest BCUT2D eigenvalue weighted by Crippen LogP contribution is -2.25. The maximum Gasteiger partial charge on any atom is 0.0576 e. The molecule has 0 radical (unpaired) electrons. The van der Waals surface area contributed by atoms with E-state index >= 15 is 0 Å². The Morgan fingerprint density at radius 2 is 2.16 bits per heavy atom. The zero-order valence-electron chi connectivity index (χ0n) is 11.9. The average Bonchev–Trinajstić information content (AvgIpc) is 2.91. The number of hydrogen-bond donors (Lipinski definition) is 1. The molecule has 1 saturated heterocycles. The van der Waals surface area contributed by atoms with E-state index in [1.165, 1.54) is 49.8 Å². The van der Waals surface area contributed by atoms with Crippen LogP contribution in [0, 0.1) is 0 Å². The highest BCUT2D eigenvalue weighted by Gasteiger charge is 2.24. The average molecular weight is 259 g/mol. The summed E-state index contributed by atoms with van der Waals surface area (Å²) in [6.45, 7) is 3.28. The summed E-state index contributed by atoms with van der Waals surface area (Å²) >= 11 is 0. The molecule has 3 atom stereocenters. The van der Waals surface area contributed by atoms with Gasteiger partial charge in [-0.05, 0) is 56.6 Å². The quantitative estimate of drug-likeness (QED) is 0.869. The molecule has 2 aliphatic heterocycles. The van der Waals surface area contributed by atoms with Crippen LogP contribution in [0.25, 0.3) is 0 Å². The molecule has 3 rings (SSSR count). The molecule has 1 fully saturated rings. The smallest absolute Gasteiger partial charge is 0.0576 e. The van der Waals surface area contributed by atoms with Gasteiger partial charge >= 0.3 is 0 Å². The van der Waals surface area contributed by atoms with Crippen LogP contribution in [-0.4, -0.2) is 18.8 Å². The van der Waals surface area contributed by atoms with E-state index in [9.17, 15) is 0 Å². The molecule has 104 valence electrons.